The Kier molecular flexibility index (Phi) is 4.05. The summed E-state index contributed by atoms with van der Waals surface area (Å²) in [4.78, 5) is 0.0508. The fourth-order valence-corrected chi connectivity index (χ4v) is 2.79. The van der Waals surface area contributed by atoms with Crippen LogP contribution in [0.4, 0.5) is 5.69 Å². The van der Waals surface area contributed by atoms with Gasteiger partial charge in [-0.1, -0.05) is 0 Å². The molecule has 0 aromatic heterocycles. The zero-order valence-corrected chi connectivity index (χ0v) is 11.9. The van der Waals surface area contributed by atoms with E-state index in [0.29, 0.717) is 0 Å². The van der Waals surface area contributed by atoms with Gasteiger partial charge in [-0.25, -0.2) is 13.1 Å². The van der Waals surface area contributed by atoms with E-state index in [1.807, 2.05) is 13.8 Å². The Bertz CT molecular complexity index is 545. The van der Waals surface area contributed by atoms with Crippen LogP contribution in [0.1, 0.15) is 25.0 Å². The number of rotatable bonds is 4. The van der Waals surface area contributed by atoms with Crippen LogP contribution < -0.4 is 10.5 Å². The SMILES string of the molecule is Cc1cc(N)c(S(=O)(=O)NCC(C)(C)O)cc1C. The van der Waals surface area contributed by atoms with E-state index < -0.39 is 15.6 Å². The summed E-state index contributed by atoms with van der Waals surface area (Å²) < 4.78 is 26.5. The van der Waals surface area contributed by atoms with Gasteiger partial charge in [0, 0.05) is 6.54 Å². The third kappa shape index (κ3) is 3.69. The second-order valence-electron chi connectivity index (χ2n) is 5.11. The van der Waals surface area contributed by atoms with Crippen molar-refractivity contribution in [2.24, 2.45) is 0 Å². The molecule has 0 saturated heterocycles. The van der Waals surface area contributed by atoms with E-state index in [9.17, 15) is 13.5 Å². The number of nitrogen functional groups attached to an aromatic ring is 1. The highest BCUT2D eigenvalue weighted by atomic mass is 32.2. The summed E-state index contributed by atoms with van der Waals surface area (Å²) in [5.74, 6) is 0. The maximum atomic E-state index is 12.1. The molecule has 5 nitrogen and oxygen atoms in total. The number of aliphatic hydroxyl groups is 1. The summed E-state index contributed by atoms with van der Waals surface area (Å²) in [5.41, 5.74) is 6.63. The van der Waals surface area contributed by atoms with Crippen molar-refractivity contribution in [3.8, 4) is 0 Å². The van der Waals surface area contributed by atoms with Gasteiger partial charge >= 0.3 is 0 Å². The van der Waals surface area contributed by atoms with Crippen LogP contribution in [0.25, 0.3) is 0 Å². The average Bonchev–Trinajstić information content (AvgIpc) is 2.19. The first kappa shape index (κ1) is 14.9. The lowest BCUT2D eigenvalue weighted by molar-refractivity contribution is 0.0857. The van der Waals surface area contributed by atoms with Crippen LogP contribution in [0.3, 0.4) is 0 Å². The molecule has 1 aromatic rings. The maximum Gasteiger partial charge on any atom is 0.242 e. The predicted molar refractivity (Wildman–Crippen MR) is 71.8 cm³/mol. The molecule has 0 bridgehead atoms. The standard InChI is InChI=1S/C12H20N2O3S/c1-8-5-10(13)11(6-9(8)2)18(16,17)14-7-12(3,4)15/h5-6,14-15H,7,13H2,1-4H3. The van der Waals surface area contributed by atoms with Gasteiger partial charge in [-0.05, 0) is 51.0 Å². The minimum absolute atomic E-state index is 0.0508. The highest BCUT2D eigenvalue weighted by Crippen LogP contribution is 2.22. The quantitative estimate of drug-likeness (QED) is 0.711. The molecule has 0 aliphatic carbocycles. The monoisotopic (exact) mass is 272 g/mol. The number of hydrogen-bond acceptors (Lipinski definition) is 4. The molecule has 0 atom stereocenters. The number of nitrogens with one attached hydrogen (secondary N) is 1. The van der Waals surface area contributed by atoms with Gasteiger partial charge in [-0.3, -0.25) is 0 Å². The van der Waals surface area contributed by atoms with Gasteiger partial charge in [-0.2, -0.15) is 0 Å². The van der Waals surface area contributed by atoms with Crippen molar-refractivity contribution in [1.82, 2.24) is 4.72 Å². The number of nitrogens with two attached hydrogens (primary N) is 1. The highest BCUT2D eigenvalue weighted by Gasteiger charge is 2.22. The topological polar surface area (TPSA) is 92.4 Å². The first-order valence-corrected chi connectivity index (χ1v) is 7.10. The van der Waals surface area contributed by atoms with Crippen LogP contribution in [0.5, 0.6) is 0 Å². The van der Waals surface area contributed by atoms with Crippen molar-refractivity contribution in [3.05, 3.63) is 23.3 Å². The normalized spacial score (nSPS) is 12.7. The number of anilines is 1. The molecule has 0 aliphatic heterocycles. The molecule has 0 saturated carbocycles. The molecule has 18 heavy (non-hydrogen) atoms. The summed E-state index contributed by atoms with van der Waals surface area (Å²) in [6, 6.07) is 3.17. The van der Waals surface area contributed by atoms with Crippen molar-refractivity contribution in [3.63, 3.8) is 0 Å². The van der Waals surface area contributed by atoms with Gasteiger partial charge in [0.2, 0.25) is 10.0 Å². The maximum absolute atomic E-state index is 12.1. The van der Waals surface area contributed by atoms with Crippen molar-refractivity contribution in [2.45, 2.75) is 38.2 Å². The van der Waals surface area contributed by atoms with Crippen molar-refractivity contribution >= 4 is 15.7 Å². The average molecular weight is 272 g/mol. The van der Waals surface area contributed by atoms with Gasteiger partial charge in [0.15, 0.2) is 0 Å². The van der Waals surface area contributed by atoms with Gasteiger partial charge in [0.25, 0.3) is 0 Å². The Morgan fingerprint density at radius 2 is 1.78 bits per heavy atom. The molecular formula is C12H20N2O3S. The largest absolute Gasteiger partial charge is 0.398 e. The van der Waals surface area contributed by atoms with Crippen molar-refractivity contribution < 1.29 is 13.5 Å². The Labute approximate surface area is 108 Å². The second kappa shape index (κ2) is 4.87. The molecule has 0 aliphatic rings. The van der Waals surface area contributed by atoms with Crippen molar-refractivity contribution in [1.29, 1.82) is 0 Å². The molecule has 4 N–H and O–H groups in total. The third-order valence-electron chi connectivity index (χ3n) is 2.61. The molecule has 0 unspecified atom stereocenters. The number of sulfonamides is 1. The summed E-state index contributed by atoms with van der Waals surface area (Å²) >= 11 is 0. The fraction of sp³-hybridized carbons (Fsp3) is 0.500. The summed E-state index contributed by atoms with van der Waals surface area (Å²) in [6.45, 7) is 6.68. The van der Waals surface area contributed by atoms with E-state index in [-0.39, 0.29) is 17.1 Å². The zero-order chi connectivity index (χ0) is 14.1. The molecule has 0 spiro atoms. The van der Waals surface area contributed by atoms with Crippen LogP contribution in [-0.2, 0) is 10.0 Å². The van der Waals surface area contributed by atoms with Crippen LogP contribution in [-0.4, -0.2) is 25.7 Å². The van der Waals surface area contributed by atoms with E-state index in [0.717, 1.165) is 11.1 Å². The molecule has 6 heteroatoms. The molecule has 0 heterocycles. The van der Waals surface area contributed by atoms with E-state index in [1.165, 1.54) is 19.9 Å². The third-order valence-corrected chi connectivity index (χ3v) is 4.07. The molecule has 0 radical (unpaired) electrons. The fourth-order valence-electron chi connectivity index (χ4n) is 1.39. The smallest absolute Gasteiger partial charge is 0.242 e. The van der Waals surface area contributed by atoms with Crippen LogP contribution in [0.2, 0.25) is 0 Å². The predicted octanol–water partition coefficient (Wildman–Crippen LogP) is 0.935. The lowest BCUT2D eigenvalue weighted by atomic mass is 10.1. The Morgan fingerprint density at radius 1 is 1.28 bits per heavy atom. The van der Waals surface area contributed by atoms with E-state index in [1.54, 1.807) is 6.07 Å². The molecular weight excluding hydrogens is 252 g/mol. The molecule has 0 fully saturated rings. The first-order valence-electron chi connectivity index (χ1n) is 5.62. The highest BCUT2D eigenvalue weighted by molar-refractivity contribution is 7.89. The van der Waals surface area contributed by atoms with E-state index >= 15 is 0 Å². The van der Waals surface area contributed by atoms with Crippen LogP contribution in [0.15, 0.2) is 17.0 Å². The van der Waals surface area contributed by atoms with Gasteiger partial charge in [0.1, 0.15) is 4.90 Å². The molecule has 1 rings (SSSR count). The summed E-state index contributed by atoms with van der Waals surface area (Å²) in [7, 11) is -3.70. The minimum atomic E-state index is -3.70. The second-order valence-corrected chi connectivity index (χ2v) is 6.85. The molecule has 1 aromatic carbocycles. The summed E-state index contributed by atoms with van der Waals surface area (Å²) in [5, 5.41) is 9.54. The zero-order valence-electron chi connectivity index (χ0n) is 11.1. The Balaban J connectivity index is 3.10. The minimum Gasteiger partial charge on any atom is -0.398 e. The van der Waals surface area contributed by atoms with Gasteiger partial charge in [0.05, 0.1) is 11.3 Å². The Morgan fingerprint density at radius 3 is 2.28 bits per heavy atom. The number of hydrogen-bond donors (Lipinski definition) is 3. The van der Waals surface area contributed by atoms with Gasteiger partial charge < -0.3 is 10.8 Å². The molecule has 102 valence electrons. The first-order chi connectivity index (χ1) is 8.03. The summed E-state index contributed by atoms with van der Waals surface area (Å²) in [6.07, 6.45) is 0. The number of aryl methyl sites for hydroxylation is 2. The van der Waals surface area contributed by atoms with Crippen LogP contribution in [0, 0.1) is 13.8 Å². The Hall–Kier alpha value is -1.11. The number of benzene rings is 1. The van der Waals surface area contributed by atoms with Crippen LogP contribution >= 0.6 is 0 Å². The van der Waals surface area contributed by atoms with E-state index in [4.69, 9.17) is 5.73 Å². The van der Waals surface area contributed by atoms with Gasteiger partial charge in [-0.15, -0.1) is 0 Å². The lowest BCUT2D eigenvalue weighted by Crippen LogP contribution is -2.38. The van der Waals surface area contributed by atoms with E-state index in [2.05, 4.69) is 4.72 Å². The van der Waals surface area contributed by atoms with Crippen molar-refractivity contribution in [2.75, 3.05) is 12.3 Å². The molecule has 0 amide bonds. The lowest BCUT2D eigenvalue weighted by Gasteiger charge is -2.18.